The minimum absolute atomic E-state index is 0.0238. The summed E-state index contributed by atoms with van der Waals surface area (Å²) in [5.74, 6) is 1.41. The average Bonchev–Trinajstić information content (AvgIpc) is 3.06. The van der Waals surface area contributed by atoms with Gasteiger partial charge in [-0.25, -0.2) is 0 Å². The number of hydrogen-bond donors (Lipinski definition) is 1. The number of amides is 1. The summed E-state index contributed by atoms with van der Waals surface area (Å²) in [5, 5.41) is 7.81. The highest BCUT2D eigenvalue weighted by Gasteiger charge is 2.40. The van der Waals surface area contributed by atoms with E-state index in [1.807, 2.05) is 0 Å². The molecule has 2 rings (SSSR count). The van der Waals surface area contributed by atoms with E-state index in [0.717, 1.165) is 25.8 Å². The van der Waals surface area contributed by atoms with Crippen molar-refractivity contribution in [3.63, 3.8) is 0 Å². The van der Waals surface area contributed by atoms with Crippen LogP contribution in [0.25, 0.3) is 0 Å². The van der Waals surface area contributed by atoms with Crippen LogP contribution in [0.5, 0.6) is 0 Å². The predicted octanol–water partition coefficient (Wildman–Crippen LogP) is 4.03. The number of nitrogens with zero attached hydrogens (tertiary/aromatic N) is 1. The lowest BCUT2D eigenvalue weighted by Gasteiger charge is -2.27. The molecule has 1 fully saturated rings. The summed E-state index contributed by atoms with van der Waals surface area (Å²) in [6, 6.07) is 2.11. The Morgan fingerprint density at radius 1 is 1.33 bits per heavy atom. The Bertz CT molecular complexity index is 440. The molecule has 1 amide bonds. The third kappa shape index (κ3) is 3.86. The van der Waals surface area contributed by atoms with Gasteiger partial charge < -0.3 is 4.90 Å². The van der Waals surface area contributed by atoms with E-state index in [1.54, 1.807) is 11.3 Å². The third-order valence-corrected chi connectivity index (χ3v) is 5.13. The van der Waals surface area contributed by atoms with E-state index in [4.69, 9.17) is 0 Å². The summed E-state index contributed by atoms with van der Waals surface area (Å²) >= 11 is 1.70. The van der Waals surface area contributed by atoms with E-state index in [1.165, 1.54) is 5.56 Å². The lowest BCUT2D eigenvalue weighted by molar-refractivity contribution is -0.131. The van der Waals surface area contributed by atoms with E-state index in [-0.39, 0.29) is 18.1 Å². The fraction of sp³-hybridized carbons (Fsp3) is 0.706. The monoisotopic (exact) mass is 308 g/mol. The Morgan fingerprint density at radius 3 is 2.57 bits per heavy atom. The molecule has 21 heavy (non-hydrogen) atoms. The molecule has 0 aromatic carbocycles. The first-order valence-corrected chi connectivity index (χ1v) is 9.09. The second-order valence-corrected chi connectivity index (χ2v) is 7.26. The molecule has 1 aliphatic rings. The third-order valence-electron chi connectivity index (χ3n) is 4.43. The van der Waals surface area contributed by atoms with E-state index in [9.17, 15) is 4.79 Å². The topological polar surface area (TPSA) is 32.3 Å². The standard InChI is InChI=1S/C17H28N2OS/c1-5-13(6-2)10-19-16(14-7-8-21-11-14)18-15(17(19)20)9-12(3)4/h7-8,11-13,15-16,18H,5-6,9-10H2,1-4H3. The molecule has 1 saturated heterocycles. The van der Waals surface area contributed by atoms with E-state index in [2.05, 4.69) is 54.7 Å². The normalized spacial score (nSPS) is 22.8. The van der Waals surface area contributed by atoms with Gasteiger partial charge in [-0.15, -0.1) is 0 Å². The van der Waals surface area contributed by atoms with Gasteiger partial charge in [-0.1, -0.05) is 40.5 Å². The molecule has 3 nitrogen and oxygen atoms in total. The number of hydrogen-bond acceptors (Lipinski definition) is 3. The summed E-state index contributed by atoms with van der Waals surface area (Å²) in [6.45, 7) is 9.66. The number of nitrogens with one attached hydrogen (secondary N) is 1. The summed E-state index contributed by atoms with van der Waals surface area (Å²) in [6.07, 6.45) is 3.24. The van der Waals surface area contributed by atoms with Crippen molar-refractivity contribution in [2.45, 2.75) is 59.2 Å². The number of carbonyl (C=O) groups is 1. The molecular weight excluding hydrogens is 280 g/mol. The largest absolute Gasteiger partial charge is 0.321 e. The van der Waals surface area contributed by atoms with E-state index < -0.39 is 0 Å². The number of thiophene rings is 1. The van der Waals surface area contributed by atoms with Crippen LogP contribution in [-0.2, 0) is 4.79 Å². The molecule has 0 aliphatic carbocycles. The van der Waals surface area contributed by atoms with Crippen LogP contribution >= 0.6 is 11.3 Å². The lowest BCUT2D eigenvalue weighted by Crippen LogP contribution is -2.35. The van der Waals surface area contributed by atoms with Gasteiger partial charge in [0.1, 0.15) is 6.17 Å². The summed E-state index contributed by atoms with van der Waals surface area (Å²) in [7, 11) is 0. The molecule has 0 saturated carbocycles. The molecule has 2 atom stereocenters. The summed E-state index contributed by atoms with van der Waals surface area (Å²) < 4.78 is 0. The highest BCUT2D eigenvalue weighted by atomic mass is 32.1. The van der Waals surface area contributed by atoms with Crippen LogP contribution < -0.4 is 5.32 Å². The molecule has 1 aromatic rings. The lowest BCUT2D eigenvalue weighted by atomic mass is 10.0. The fourth-order valence-electron chi connectivity index (χ4n) is 3.05. The Balaban J connectivity index is 2.17. The van der Waals surface area contributed by atoms with Gasteiger partial charge in [0.05, 0.1) is 6.04 Å². The van der Waals surface area contributed by atoms with E-state index >= 15 is 0 Å². The van der Waals surface area contributed by atoms with Gasteiger partial charge in [-0.05, 0) is 40.6 Å². The molecule has 1 aromatic heterocycles. The van der Waals surface area contributed by atoms with Gasteiger partial charge in [0, 0.05) is 6.54 Å². The van der Waals surface area contributed by atoms with Crippen LogP contribution in [-0.4, -0.2) is 23.4 Å². The molecule has 1 aliphatic heterocycles. The first-order valence-electron chi connectivity index (χ1n) is 8.15. The molecule has 1 N–H and O–H groups in total. The van der Waals surface area contributed by atoms with Crippen LogP contribution in [0.1, 0.15) is 58.7 Å². The maximum Gasteiger partial charge on any atom is 0.241 e. The van der Waals surface area contributed by atoms with Crippen molar-refractivity contribution in [1.82, 2.24) is 10.2 Å². The first-order chi connectivity index (χ1) is 10.1. The van der Waals surface area contributed by atoms with E-state index in [0.29, 0.717) is 11.8 Å². The zero-order chi connectivity index (χ0) is 15.4. The molecule has 118 valence electrons. The summed E-state index contributed by atoms with van der Waals surface area (Å²) in [5.41, 5.74) is 1.23. The van der Waals surface area contributed by atoms with Crippen molar-refractivity contribution in [2.24, 2.45) is 11.8 Å². The van der Waals surface area contributed by atoms with Crippen LogP contribution in [0.2, 0.25) is 0 Å². The molecule has 4 heteroatoms. The van der Waals surface area contributed by atoms with Gasteiger partial charge in [-0.3, -0.25) is 10.1 Å². The molecular formula is C17H28N2OS. The van der Waals surface area contributed by atoms with Gasteiger partial charge in [-0.2, -0.15) is 11.3 Å². The van der Waals surface area contributed by atoms with Crippen LogP contribution in [0.4, 0.5) is 0 Å². The zero-order valence-corrected chi connectivity index (χ0v) is 14.5. The second kappa shape index (κ2) is 7.41. The Labute approximate surface area is 132 Å². The fourth-order valence-corrected chi connectivity index (χ4v) is 3.73. The molecule has 2 heterocycles. The maximum atomic E-state index is 12.8. The Hall–Kier alpha value is -0.870. The highest BCUT2D eigenvalue weighted by molar-refractivity contribution is 7.07. The zero-order valence-electron chi connectivity index (χ0n) is 13.6. The number of carbonyl (C=O) groups excluding carboxylic acids is 1. The van der Waals surface area contributed by atoms with Crippen LogP contribution in [0.15, 0.2) is 16.8 Å². The van der Waals surface area contributed by atoms with Gasteiger partial charge >= 0.3 is 0 Å². The summed E-state index contributed by atoms with van der Waals surface area (Å²) in [4.78, 5) is 14.9. The molecule has 0 radical (unpaired) electrons. The van der Waals surface area contributed by atoms with Gasteiger partial charge in [0.25, 0.3) is 0 Å². The van der Waals surface area contributed by atoms with Crippen molar-refractivity contribution in [3.8, 4) is 0 Å². The maximum absolute atomic E-state index is 12.8. The Kier molecular flexibility index (Phi) is 5.82. The Morgan fingerprint density at radius 2 is 2.05 bits per heavy atom. The molecule has 0 bridgehead atoms. The average molecular weight is 308 g/mol. The second-order valence-electron chi connectivity index (χ2n) is 6.48. The molecule has 0 spiro atoms. The predicted molar refractivity (Wildman–Crippen MR) is 89.2 cm³/mol. The molecule has 2 unspecified atom stereocenters. The smallest absolute Gasteiger partial charge is 0.241 e. The quantitative estimate of drug-likeness (QED) is 0.825. The SMILES string of the molecule is CCC(CC)CN1C(=O)C(CC(C)C)NC1c1ccsc1. The van der Waals surface area contributed by atoms with Crippen LogP contribution in [0, 0.1) is 11.8 Å². The minimum atomic E-state index is -0.0238. The van der Waals surface area contributed by atoms with Gasteiger partial charge in [0.15, 0.2) is 0 Å². The van der Waals surface area contributed by atoms with Crippen molar-refractivity contribution in [2.75, 3.05) is 6.54 Å². The van der Waals surface area contributed by atoms with Gasteiger partial charge in [0.2, 0.25) is 5.91 Å². The first kappa shape index (κ1) is 16.5. The number of rotatable bonds is 7. The van der Waals surface area contributed by atoms with Crippen molar-refractivity contribution in [1.29, 1.82) is 0 Å². The van der Waals surface area contributed by atoms with Crippen molar-refractivity contribution >= 4 is 17.2 Å². The highest BCUT2D eigenvalue weighted by Crippen LogP contribution is 2.30. The van der Waals surface area contributed by atoms with Crippen molar-refractivity contribution < 1.29 is 4.79 Å². The minimum Gasteiger partial charge on any atom is -0.321 e. The van der Waals surface area contributed by atoms with Crippen LogP contribution in [0.3, 0.4) is 0 Å². The van der Waals surface area contributed by atoms with Crippen molar-refractivity contribution in [3.05, 3.63) is 22.4 Å².